The molecule has 7 nitrogen and oxygen atoms in total. The first kappa shape index (κ1) is 16.1. The predicted molar refractivity (Wildman–Crippen MR) is 90.6 cm³/mol. The smallest absolute Gasteiger partial charge is 0.414 e. The summed E-state index contributed by atoms with van der Waals surface area (Å²) < 4.78 is 25.9. The van der Waals surface area contributed by atoms with E-state index in [1.165, 1.54) is 18.3 Å². The number of ether oxygens (including phenoxy) is 2. The van der Waals surface area contributed by atoms with E-state index in [2.05, 4.69) is 4.98 Å². The fourth-order valence-electron chi connectivity index (χ4n) is 2.79. The maximum atomic E-state index is 13.0. The van der Waals surface area contributed by atoms with E-state index in [1.807, 2.05) is 24.3 Å². The maximum Gasteiger partial charge on any atom is 0.414 e. The molecule has 1 aliphatic heterocycles. The second-order valence-corrected chi connectivity index (χ2v) is 5.87. The van der Waals surface area contributed by atoms with Gasteiger partial charge >= 0.3 is 11.8 Å². The van der Waals surface area contributed by atoms with Crippen LogP contribution in [0.25, 0.3) is 11.1 Å². The van der Waals surface area contributed by atoms with E-state index < -0.39 is 4.92 Å². The van der Waals surface area contributed by atoms with Crippen LogP contribution in [0.2, 0.25) is 0 Å². The number of hydrogen-bond acceptors (Lipinski definition) is 5. The number of imidazole rings is 1. The summed E-state index contributed by atoms with van der Waals surface area (Å²) in [4.78, 5) is 14.0. The van der Waals surface area contributed by atoms with Crippen LogP contribution in [0.5, 0.6) is 11.8 Å². The second kappa shape index (κ2) is 6.47. The van der Waals surface area contributed by atoms with Crippen molar-refractivity contribution in [2.24, 2.45) is 0 Å². The second-order valence-electron chi connectivity index (χ2n) is 5.87. The molecule has 0 unspecified atom stereocenters. The van der Waals surface area contributed by atoms with Crippen LogP contribution in [-0.4, -0.2) is 27.2 Å². The number of hydrogen-bond donors (Lipinski definition) is 0. The van der Waals surface area contributed by atoms with Crippen LogP contribution in [0, 0.1) is 15.9 Å². The Hall–Kier alpha value is -3.42. The average Bonchev–Trinajstić information content (AvgIpc) is 3.07. The van der Waals surface area contributed by atoms with Crippen molar-refractivity contribution < 1.29 is 18.8 Å². The summed E-state index contributed by atoms with van der Waals surface area (Å²) in [5.41, 5.74) is 1.86. The molecule has 2 heterocycles. The molecule has 2 aromatic carbocycles. The highest BCUT2D eigenvalue weighted by Gasteiger charge is 2.28. The van der Waals surface area contributed by atoms with Gasteiger partial charge in [0.05, 0.1) is 6.54 Å². The molecule has 0 saturated heterocycles. The highest BCUT2D eigenvalue weighted by molar-refractivity contribution is 5.64. The van der Waals surface area contributed by atoms with Crippen molar-refractivity contribution in [3.8, 4) is 22.9 Å². The van der Waals surface area contributed by atoms with Gasteiger partial charge < -0.3 is 19.6 Å². The molecule has 0 spiro atoms. The molecule has 0 saturated carbocycles. The van der Waals surface area contributed by atoms with Crippen LogP contribution in [-0.2, 0) is 6.54 Å². The SMILES string of the molecule is O=[N+]([O-])c1cn2c(n1)OC[C@@H](Oc1ccc(-c3ccc(F)cc3)cc1)C2. The number of nitrogens with zero attached hydrogens (tertiary/aromatic N) is 3. The number of halogens is 1. The van der Waals surface area contributed by atoms with Crippen LogP contribution >= 0.6 is 0 Å². The van der Waals surface area contributed by atoms with E-state index in [4.69, 9.17) is 9.47 Å². The van der Waals surface area contributed by atoms with Crippen molar-refractivity contribution in [1.82, 2.24) is 9.55 Å². The van der Waals surface area contributed by atoms with E-state index in [9.17, 15) is 14.5 Å². The lowest BCUT2D eigenvalue weighted by Crippen LogP contribution is -2.34. The largest absolute Gasteiger partial charge is 0.485 e. The summed E-state index contributed by atoms with van der Waals surface area (Å²) in [6, 6.07) is 13.9. The van der Waals surface area contributed by atoms with Crippen molar-refractivity contribution >= 4 is 5.82 Å². The number of aromatic nitrogens is 2. The Morgan fingerprint density at radius 3 is 2.46 bits per heavy atom. The van der Waals surface area contributed by atoms with E-state index in [1.54, 1.807) is 16.7 Å². The van der Waals surface area contributed by atoms with Crippen LogP contribution in [0.4, 0.5) is 10.2 Å². The first-order chi connectivity index (χ1) is 12.6. The van der Waals surface area contributed by atoms with E-state index in [-0.39, 0.29) is 30.4 Å². The lowest BCUT2D eigenvalue weighted by molar-refractivity contribution is -0.389. The van der Waals surface area contributed by atoms with Crippen molar-refractivity contribution in [1.29, 1.82) is 0 Å². The minimum Gasteiger partial charge on any atom is -0.485 e. The van der Waals surface area contributed by atoms with Crippen molar-refractivity contribution in [3.05, 3.63) is 70.7 Å². The van der Waals surface area contributed by atoms with Crippen LogP contribution in [0.3, 0.4) is 0 Å². The molecule has 1 atom stereocenters. The van der Waals surface area contributed by atoms with Gasteiger partial charge in [0.2, 0.25) is 0 Å². The van der Waals surface area contributed by atoms with Gasteiger partial charge in [0, 0.05) is 4.98 Å². The maximum absolute atomic E-state index is 13.0. The zero-order chi connectivity index (χ0) is 18.1. The predicted octanol–water partition coefficient (Wildman–Crippen LogP) is 3.44. The van der Waals surface area contributed by atoms with Gasteiger partial charge in [0.15, 0.2) is 6.10 Å². The first-order valence-corrected chi connectivity index (χ1v) is 7.95. The van der Waals surface area contributed by atoms with Crippen molar-refractivity contribution in [2.45, 2.75) is 12.6 Å². The van der Waals surface area contributed by atoms with Gasteiger partial charge in [0.25, 0.3) is 0 Å². The summed E-state index contributed by atoms with van der Waals surface area (Å²) >= 11 is 0. The Morgan fingerprint density at radius 2 is 1.81 bits per heavy atom. The molecule has 1 aliphatic rings. The molecule has 3 aromatic rings. The third kappa shape index (κ3) is 3.21. The molecular weight excluding hydrogens is 341 g/mol. The minimum absolute atomic E-state index is 0.225. The average molecular weight is 355 g/mol. The summed E-state index contributed by atoms with van der Waals surface area (Å²) in [5.74, 6) is 0.136. The molecule has 132 valence electrons. The fraction of sp³-hybridized carbons (Fsp3) is 0.167. The van der Waals surface area contributed by atoms with Gasteiger partial charge in [-0.15, -0.1) is 0 Å². The molecule has 8 heteroatoms. The van der Waals surface area contributed by atoms with Gasteiger partial charge in [0.1, 0.15) is 24.4 Å². The van der Waals surface area contributed by atoms with Crippen LogP contribution < -0.4 is 9.47 Å². The summed E-state index contributed by atoms with van der Waals surface area (Å²) in [6.07, 6.45) is 1.05. The third-order valence-corrected chi connectivity index (χ3v) is 4.05. The topological polar surface area (TPSA) is 79.4 Å². The summed E-state index contributed by atoms with van der Waals surface area (Å²) in [5, 5.41) is 10.8. The molecule has 0 aliphatic carbocycles. The Bertz CT molecular complexity index is 938. The summed E-state index contributed by atoms with van der Waals surface area (Å²) in [7, 11) is 0. The lowest BCUT2D eigenvalue weighted by Gasteiger charge is -2.23. The van der Waals surface area contributed by atoms with Crippen molar-refractivity contribution in [3.63, 3.8) is 0 Å². The molecule has 4 rings (SSSR count). The minimum atomic E-state index is -0.557. The molecule has 1 aromatic heterocycles. The van der Waals surface area contributed by atoms with Gasteiger partial charge in [-0.05, 0) is 40.3 Å². The molecule has 0 fully saturated rings. The summed E-state index contributed by atoms with van der Waals surface area (Å²) in [6.45, 7) is 0.670. The van der Waals surface area contributed by atoms with Crippen LogP contribution in [0.1, 0.15) is 0 Å². The Labute approximate surface area is 147 Å². The first-order valence-electron chi connectivity index (χ1n) is 7.95. The number of rotatable bonds is 4. The molecule has 26 heavy (non-hydrogen) atoms. The van der Waals surface area contributed by atoms with E-state index >= 15 is 0 Å². The quantitative estimate of drug-likeness (QED) is 0.529. The van der Waals surface area contributed by atoms with Gasteiger partial charge in [-0.25, -0.2) is 4.39 Å². The van der Waals surface area contributed by atoms with E-state index in [0.29, 0.717) is 12.3 Å². The molecule has 0 bridgehead atoms. The zero-order valence-electron chi connectivity index (χ0n) is 13.5. The van der Waals surface area contributed by atoms with E-state index in [0.717, 1.165) is 11.1 Å². The molecule has 0 radical (unpaired) electrons. The zero-order valence-corrected chi connectivity index (χ0v) is 13.5. The number of fused-ring (bicyclic) bond motifs is 1. The monoisotopic (exact) mass is 355 g/mol. The fourth-order valence-corrected chi connectivity index (χ4v) is 2.79. The highest BCUT2D eigenvalue weighted by atomic mass is 19.1. The van der Waals surface area contributed by atoms with Crippen molar-refractivity contribution in [2.75, 3.05) is 6.61 Å². The number of nitro groups is 1. The Balaban J connectivity index is 1.44. The Kier molecular flexibility index (Phi) is 4.00. The molecule has 0 amide bonds. The van der Waals surface area contributed by atoms with Gasteiger partial charge in [-0.3, -0.25) is 4.57 Å². The van der Waals surface area contributed by atoms with Gasteiger partial charge in [-0.2, -0.15) is 0 Å². The van der Waals surface area contributed by atoms with Crippen LogP contribution in [0.15, 0.2) is 54.7 Å². The standard InChI is InChI=1S/C18H14FN3O4/c19-14-5-1-12(2-6-14)13-3-7-15(8-4-13)26-16-9-21-10-17(22(23)24)20-18(21)25-11-16/h1-8,10,16H,9,11H2/t16-/m0/s1. The molecule has 0 N–H and O–H groups in total. The Morgan fingerprint density at radius 1 is 1.15 bits per heavy atom. The third-order valence-electron chi connectivity index (χ3n) is 4.05. The normalized spacial score (nSPS) is 15.8. The highest BCUT2D eigenvalue weighted by Crippen LogP contribution is 2.26. The number of benzene rings is 2. The molecular formula is C18H14FN3O4. The van der Waals surface area contributed by atoms with Gasteiger partial charge in [-0.1, -0.05) is 24.3 Å². The lowest BCUT2D eigenvalue weighted by atomic mass is 10.1.